The minimum atomic E-state index is -0.501. The van der Waals surface area contributed by atoms with E-state index in [1.54, 1.807) is 41.9 Å². The van der Waals surface area contributed by atoms with Crippen LogP contribution in [0.15, 0.2) is 40.4 Å². The van der Waals surface area contributed by atoms with Gasteiger partial charge in [0.25, 0.3) is 5.56 Å². The van der Waals surface area contributed by atoms with Gasteiger partial charge in [-0.05, 0) is 19.0 Å². The Morgan fingerprint density at radius 1 is 1.24 bits per heavy atom. The fourth-order valence-electron chi connectivity index (χ4n) is 4.23. The Hall–Kier alpha value is -2.73. The van der Waals surface area contributed by atoms with Crippen LogP contribution in [0.2, 0.25) is 0 Å². The van der Waals surface area contributed by atoms with Gasteiger partial charge in [0.05, 0.1) is 47.9 Å². The molecule has 0 bridgehead atoms. The number of fused-ring (bicyclic) bond motifs is 2. The molecule has 0 aromatic carbocycles. The first-order valence-corrected chi connectivity index (χ1v) is 11.9. The molecule has 2 aliphatic heterocycles. The third-order valence-electron chi connectivity index (χ3n) is 6.08. The van der Waals surface area contributed by atoms with E-state index in [4.69, 9.17) is 9.47 Å². The molecule has 1 fully saturated rings. The number of nitrogens with zero attached hydrogens (tertiary/aromatic N) is 5. The molecule has 0 radical (unpaired) electrons. The van der Waals surface area contributed by atoms with Crippen LogP contribution in [0.3, 0.4) is 0 Å². The number of hydrogen-bond donors (Lipinski definition) is 2. The zero-order valence-corrected chi connectivity index (χ0v) is 19.1. The van der Waals surface area contributed by atoms with Gasteiger partial charge in [-0.15, -0.1) is 0 Å². The molecular weight excluding hydrogens is 444 g/mol. The molecule has 10 nitrogen and oxygen atoms in total. The standard InChI is InChI=1S/C22H26N6O4S/c1-31-15-7-17-22(25-9-15)26-11-21(30)28(17)5-4-27-3-2-16(18(29)12-27)24-8-14-6-20-19(10-23-14)32-13-33-20/h6-7,9-11,16,18,24,29H,2-5,8,12-13H2,1H3/t16-,18+/m0/s1. The summed E-state index contributed by atoms with van der Waals surface area (Å²) in [5.41, 5.74) is 1.90. The lowest BCUT2D eigenvalue weighted by atomic mass is 10.0. The van der Waals surface area contributed by atoms with Crippen molar-refractivity contribution in [3.8, 4) is 11.5 Å². The van der Waals surface area contributed by atoms with Crippen LogP contribution in [-0.2, 0) is 13.1 Å². The predicted octanol–water partition coefficient (Wildman–Crippen LogP) is 0.862. The number of methoxy groups -OCH3 is 1. The fourth-order valence-corrected chi connectivity index (χ4v) is 5.01. The molecule has 5 rings (SSSR count). The molecule has 0 unspecified atom stereocenters. The molecule has 33 heavy (non-hydrogen) atoms. The van der Waals surface area contributed by atoms with Crippen molar-refractivity contribution >= 4 is 22.9 Å². The number of hydrogen-bond acceptors (Lipinski definition) is 10. The Morgan fingerprint density at radius 2 is 2.12 bits per heavy atom. The molecule has 0 saturated carbocycles. The maximum atomic E-state index is 12.5. The summed E-state index contributed by atoms with van der Waals surface area (Å²) >= 11 is 1.67. The van der Waals surface area contributed by atoms with E-state index in [1.165, 1.54) is 6.20 Å². The number of aliphatic hydroxyl groups excluding tert-OH is 1. The van der Waals surface area contributed by atoms with Crippen LogP contribution in [0.4, 0.5) is 0 Å². The van der Waals surface area contributed by atoms with E-state index in [-0.39, 0.29) is 11.6 Å². The summed E-state index contributed by atoms with van der Waals surface area (Å²) in [5, 5.41) is 14.2. The number of piperidine rings is 1. The SMILES string of the molecule is COc1cnc2ncc(=O)n(CCN3CC[C@H](NCc4cc5c(cn4)OCS5)[C@H](O)C3)c2c1. The Balaban J connectivity index is 1.17. The molecule has 0 spiro atoms. The third kappa shape index (κ3) is 4.81. The number of nitrogens with one attached hydrogen (secondary N) is 1. The van der Waals surface area contributed by atoms with Crippen molar-refractivity contribution < 1.29 is 14.6 Å². The first-order valence-electron chi connectivity index (χ1n) is 10.9. The quantitative estimate of drug-likeness (QED) is 0.515. The van der Waals surface area contributed by atoms with Crippen LogP contribution in [0.5, 0.6) is 11.5 Å². The van der Waals surface area contributed by atoms with Crippen LogP contribution >= 0.6 is 11.8 Å². The van der Waals surface area contributed by atoms with Crippen LogP contribution in [0.1, 0.15) is 12.1 Å². The molecule has 11 heteroatoms. The number of pyridine rings is 2. The zero-order chi connectivity index (χ0) is 22.8. The van der Waals surface area contributed by atoms with Crippen molar-refractivity contribution in [2.75, 3.05) is 32.7 Å². The van der Waals surface area contributed by atoms with Crippen LogP contribution in [0, 0.1) is 0 Å². The average molecular weight is 471 g/mol. The Labute approximate surface area is 195 Å². The Kier molecular flexibility index (Phi) is 6.45. The number of likely N-dealkylation sites (tertiary alicyclic amines) is 1. The van der Waals surface area contributed by atoms with E-state index in [0.29, 0.717) is 49.0 Å². The highest BCUT2D eigenvalue weighted by Gasteiger charge is 2.27. The number of aromatic nitrogens is 4. The number of aliphatic hydroxyl groups is 1. The van der Waals surface area contributed by atoms with Crippen molar-refractivity contribution in [1.82, 2.24) is 29.7 Å². The van der Waals surface area contributed by atoms with Crippen molar-refractivity contribution in [2.45, 2.75) is 36.6 Å². The first kappa shape index (κ1) is 22.1. The van der Waals surface area contributed by atoms with E-state index in [9.17, 15) is 9.90 Å². The van der Waals surface area contributed by atoms with Gasteiger partial charge < -0.3 is 24.5 Å². The maximum absolute atomic E-state index is 12.5. The summed E-state index contributed by atoms with van der Waals surface area (Å²) in [5.74, 6) is 2.05. The highest BCUT2D eigenvalue weighted by Crippen LogP contribution is 2.35. The topological polar surface area (TPSA) is 115 Å². The number of ether oxygens (including phenoxy) is 2. The number of rotatable bonds is 7. The molecule has 0 aliphatic carbocycles. The predicted molar refractivity (Wildman–Crippen MR) is 124 cm³/mol. The normalized spacial score (nSPS) is 20.5. The van der Waals surface area contributed by atoms with Gasteiger partial charge in [0.15, 0.2) is 11.4 Å². The van der Waals surface area contributed by atoms with E-state index in [2.05, 4.69) is 25.2 Å². The molecule has 174 valence electrons. The molecule has 2 aliphatic rings. The van der Waals surface area contributed by atoms with Crippen molar-refractivity contribution in [1.29, 1.82) is 0 Å². The maximum Gasteiger partial charge on any atom is 0.269 e. The van der Waals surface area contributed by atoms with E-state index < -0.39 is 6.10 Å². The molecule has 3 aromatic rings. The van der Waals surface area contributed by atoms with Gasteiger partial charge in [-0.3, -0.25) is 14.7 Å². The molecule has 2 atom stereocenters. The van der Waals surface area contributed by atoms with Gasteiger partial charge in [-0.1, -0.05) is 11.8 Å². The van der Waals surface area contributed by atoms with Gasteiger partial charge in [-0.25, -0.2) is 9.97 Å². The molecule has 5 heterocycles. The molecule has 1 saturated heterocycles. The summed E-state index contributed by atoms with van der Waals surface area (Å²) in [6, 6.07) is 3.82. The molecule has 2 N–H and O–H groups in total. The minimum absolute atomic E-state index is 0.00172. The van der Waals surface area contributed by atoms with Crippen molar-refractivity contribution in [3.05, 3.63) is 46.8 Å². The molecular formula is C22H26N6O4S. The smallest absolute Gasteiger partial charge is 0.269 e. The third-order valence-corrected chi connectivity index (χ3v) is 6.95. The summed E-state index contributed by atoms with van der Waals surface area (Å²) in [6.07, 6.45) is 4.96. The van der Waals surface area contributed by atoms with Gasteiger partial charge in [-0.2, -0.15) is 0 Å². The monoisotopic (exact) mass is 470 g/mol. The second kappa shape index (κ2) is 9.64. The lowest BCUT2D eigenvalue weighted by Crippen LogP contribution is -2.53. The second-order valence-electron chi connectivity index (χ2n) is 8.14. The first-order chi connectivity index (χ1) is 16.1. The van der Waals surface area contributed by atoms with Gasteiger partial charge in [0, 0.05) is 38.3 Å². The average Bonchev–Trinajstić information content (AvgIpc) is 3.30. The van der Waals surface area contributed by atoms with Gasteiger partial charge in [0.2, 0.25) is 0 Å². The fraction of sp³-hybridized carbons (Fsp3) is 0.455. The number of β-amino-alcohol motifs (C(OH)–C–C–N with tert-alkyl or cyclic N) is 1. The highest BCUT2D eigenvalue weighted by atomic mass is 32.2. The molecule has 0 amide bonds. The summed E-state index contributed by atoms with van der Waals surface area (Å²) in [7, 11) is 1.56. The summed E-state index contributed by atoms with van der Waals surface area (Å²) in [4.78, 5) is 28.6. The molecule has 3 aromatic heterocycles. The largest absolute Gasteiger partial charge is 0.495 e. The zero-order valence-electron chi connectivity index (χ0n) is 18.3. The van der Waals surface area contributed by atoms with E-state index in [0.717, 1.165) is 29.3 Å². The van der Waals surface area contributed by atoms with Crippen molar-refractivity contribution in [2.24, 2.45) is 0 Å². The van der Waals surface area contributed by atoms with E-state index in [1.807, 2.05) is 6.07 Å². The Morgan fingerprint density at radius 3 is 2.97 bits per heavy atom. The second-order valence-corrected chi connectivity index (χ2v) is 9.10. The summed E-state index contributed by atoms with van der Waals surface area (Å²) < 4.78 is 12.4. The van der Waals surface area contributed by atoms with Crippen molar-refractivity contribution in [3.63, 3.8) is 0 Å². The lowest BCUT2D eigenvalue weighted by Gasteiger charge is -2.36. The van der Waals surface area contributed by atoms with Crippen LogP contribution < -0.4 is 20.3 Å². The number of thioether (sulfide) groups is 1. The van der Waals surface area contributed by atoms with Gasteiger partial charge >= 0.3 is 0 Å². The summed E-state index contributed by atoms with van der Waals surface area (Å²) in [6.45, 7) is 3.09. The van der Waals surface area contributed by atoms with E-state index >= 15 is 0 Å². The minimum Gasteiger partial charge on any atom is -0.495 e. The highest BCUT2D eigenvalue weighted by molar-refractivity contribution is 7.99. The van der Waals surface area contributed by atoms with Crippen LogP contribution in [0.25, 0.3) is 11.2 Å². The Bertz CT molecular complexity index is 1210. The van der Waals surface area contributed by atoms with Gasteiger partial charge in [0.1, 0.15) is 11.7 Å². The lowest BCUT2D eigenvalue weighted by molar-refractivity contribution is 0.0384. The van der Waals surface area contributed by atoms with Crippen LogP contribution in [-0.4, -0.2) is 74.4 Å².